The number of rotatable bonds is 1. The van der Waals surface area contributed by atoms with E-state index in [1.54, 1.807) is 0 Å². The molecule has 0 spiro atoms. The lowest BCUT2D eigenvalue weighted by atomic mass is 10.7. The summed E-state index contributed by atoms with van der Waals surface area (Å²) in [6.07, 6.45) is -2.77. The van der Waals surface area contributed by atoms with E-state index in [1.807, 2.05) is 0 Å². The van der Waals surface area contributed by atoms with E-state index in [4.69, 9.17) is 0 Å². The minimum atomic E-state index is -3.42. The van der Waals surface area contributed by atoms with Gasteiger partial charge in [0.05, 0.1) is 6.08 Å². The van der Waals surface area contributed by atoms with E-state index in [9.17, 15) is 17.6 Å². The van der Waals surface area contributed by atoms with Crippen LogP contribution in [0.5, 0.6) is 0 Å². The number of hydrogen-bond acceptors (Lipinski definition) is 0. The highest BCUT2D eigenvalue weighted by Gasteiger charge is 2.21. The molecule has 5 heteroatoms. The molecule has 0 bridgehead atoms. The first-order chi connectivity index (χ1) is 3.42. The third kappa shape index (κ3) is 6.19. The van der Waals surface area contributed by atoms with Crippen molar-refractivity contribution in [3.8, 4) is 0 Å². The van der Waals surface area contributed by atoms with Crippen LogP contribution in [0.4, 0.5) is 17.6 Å². The molecule has 48 valence electrons. The van der Waals surface area contributed by atoms with Gasteiger partial charge in [-0.05, 0) is 0 Å². The molecule has 0 amide bonds. The maximum Gasteiger partial charge on any atom is 0.320 e. The van der Waals surface area contributed by atoms with Crippen LogP contribution < -0.4 is 0 Å². The van der Waals surface area contributed by atoms with Gasteiger partial charge < -0.3 is 0 Å². The molecular formula is C3HF4I. The van der Waals surface area contributed by atoms with E-state index in [2.05, 4.69) is 0 Å². The molecule has 0 aromatic heterocycles. The Labute approximate surface area is 56.7 Å². The highest BCUT2D eigenvalue weighted by atomic mass is 127. The van der Waals surface area contributed by atoms with Crippen LogP contribution in [0, 0.1) is 0 Å². The van der Waals surface area contributed by atoms with Crippen LogP contribution in [0.3, 0.4) is 0 Å². The minimum Gasteiger partial charge on any atom is -0.190 e. The summed E-state index contributed by atoms with van der Waals surface area (Å²) in [6.45, 7) is 0. The van der Waals surface area contributed by atoms with Crippen molar-refractivity contribution in [1.29, 1.82) is 0 Å². The summed E-state index contributed by atoms with van der Waals surface area (Å²) in [7, 11) is 0. The topological polar surface area (TPSA) is 0 Å². The van der Waals surface area contributed by atoms with E-state index in [-0.39, 0.29) is 0 Å². The first kappa shape index (κ1) is 8.19. The summed E-state index contributed by atoms with van der Waals surface area (Å²) in [5.74, 6) is 0. The maximum atomic E-state index is 11.4. The average Bonchev–Trinajstić information content (AvgIpc) is 1.21. The van der Waals surface area contributed by atoms with Gasteiger partial charge in [0.1, 0.15) is 0 Å². The second kappa shape index (κ2) is 2.65. The predicted octanol–water partition coefficient (Wildman–Crippen LogP) is 2.79. The van der Waals surface area contributed by atoms with Crippen molar-refractivity contribution in [2.24, 2.45) is 0 Å². The Hall–Kier alpha value is 0.190. The smallest absolute Gasteiger partial charge is 0.190 e. The zero-order chi connectivity index (χ0) is 6.78. The molecule has 0 N–H and O–H groups in total. The minimum absolute atomic E-state index is 0.409. The largest absolute Gasteiger partial charge is 0.320 e. The van der Waals surface area contributed by atoms with Crippen LogP contribution in [0.2, 0.25) is 0 Å². The highest BCUT2D eigenvalue weighted by Crippen LogP contribution is 2.25. The Morgan fingerprint density at radius 3 is 1.75 bits per heavy atom. The molecule has 0 aromatic rings. The Morgan fingerprint density at radius 2 is 1.75 bits per heavy atom. The van der Waals surface area contributed by atoms with E-state index >= 15 is 0 Å². The lowest BCUT2D eigenvalue weighted by Gasteiger charge is -1.96. The van der Waals surface area contributed by atoms with Gasteiger partial charge in [-0.1, -0.05) is 0 Å². The number of allylic oxidation sites excluding steroid dienone is 1. The zero-order valence-electron chi connectivity index (χ0n) is 3.47. The number of hydrogen-bond donors (Lipinski definition) is 0. The number of alkyl halides is 3. The molecule has 0 aliphatic rings. The lowest BCUT2D eigenvalue weighted by Crippen LogP contribution is -1.97. The summed E-state index contributed by atoms with van der Waals surface area (Å²) in [6, 6.07) is 0. The quantitative estimate of drug-likeness (QED) is 0.375. The Bertz CT molecular complexity index is 98.3. The fourth-order valence-corrected chi connectivity index (χ4v) is 0.359. The molecular weight excluding hydrogens is 239 g/mol. The first-order valence-electron chi connectivity index (χ1n) is 1.52. The third-order valence-corrected chi connectivity index (χ3v) is 0.584. The van der Waals surface area contributed by atoms with Gasteiger partial charge in [-0.2, -0.15) is 17.6 Å². The van der Waals surface area contributed by atoms with Crippen molar-refractivity contribution in [3.63, 3.8) is 0 Å². The van der Waals surface area contributed by atoms with Crippen molar-refractivity contribution >= 4 is 22.6 Å². The van der Waals surface area contributed by atoms with Gasteiger partial charge in [-0.15, -0.1) is 0 Å². The molecule has 0 saturated carbocycles. The standard InChI is InChI=1S/C3HF4I/c4-2(5)1-3(6,7)8/h1H. The molecule has 0 radical (unpaired) electrons. The molecule has 0 aliphatic heterocycles. The van der Waals surface area contributed by atoms with Gasteiger partial charge in [0.2, 0.25) is 0 Å². The van der Waals surface area contributed by atoms with Crippen LogP contribution in [0.25, 0.3) is 0 Å². The second-order valence-corrected chi connectivity index (χ2v) is 2.41. The average molecular weight is 240 g/mol. The van der Waals surface area contributed by atoms with E-state index < -0.39 is 16.1 Å². The van der Waals surface area contributed by atoms with Crippen molar-refractivity contribution in [1.82, 2.24) is 0 Å². The summed E-state index contributed by atoms with van der Waals surface area (Å²) >= 11 is 0.602. The predicted molar refractivity (Wildman–Crippen MR) is 29.3 cm³/mol. The summed E-state index contributed by atoms with van der Waals surface area (Å²) < 4.78 is 41.2. The third-order valence-electron chi connectivity index (χ3n) is 0.273. The van der Waals surface area contributed by atoms with Gasteiger partial charge in [0.25, 0.3) is 6.08 Å². The molecule has 0 rings (SSSR count). The Balaban J connectivity index is 3.89. The molecule has 0 heterocycles. The highest BCUT2D eigenvalue weighted by molar-refractivity contribution is 14.1. The van der Waals surface area contributed by atoms with Crippen LogP contribution in [0.1, 0.15) is 0 Å². The lowest BCUT2D eigenvalue weighted by molar-refractivity contribution is 0.176. The molecule has 0 fully saturated rings. The SMILES string of the molecule is FC(F)=CC(F)(F)I. The van der Waals surface area contributed by atoms with E-state index in [0.29, 0.717) is 22.6 Å². The molecule has 8 heavy (non-hydrogen) atoms. The van der Waals surface area contributed by atoms with Crippen LogP contribution in [-0.4, -0.2) is 3.93 Å². The summed E-state index contributed by atoms with van der Waals surface area (Å²) in [4.78, 5) is 0. The zero-order valence-corrected chi connectivity index (χ0v) is 5.62. The molecule has 0 unspecified atom stereocenters. The maximum absolute atomic E-state index is 11.4. The monoisotopic (exact) mass is 240 g/mol. The van der Waals surface area contributed by atoms with Crippen LogP contribution in [-0.2, 0) is 0 Å². The van der Waals surface area contributed by atoms with Gasteiger partial charge in [-0.25, -0.2) is 0 Å². The van der Waals surface area contributed by atoms with E-state index in [0.717, 1.165) is 0 Å². The second-order valence-electron chi connectivity index (χ2n) is 0.976. The van der Waals surface area contributed by atoms with Crippen molar-refractivity contribution in [2.75, 3.05) is 0 Å². The van der Waals surface area contributed by atoms with Crippen molar-refractivity contribution in [2.45, 2.75) is 3.93 Å². The van der Waals surface area contributed by atoms with Crippen molar-refractivity contribution in [3.05, 3.63) is 12.2 Å². The molecule has 0 aromatic carbocycles. The van der Waals surface area contributed by atoms with Gasteiger partial charge in [0.15, 0.2) is 0 Å². The molecule has 0 aliphatic carbocycles. The fraction of sp³-hybridized carbons (Fsp3) is 0.333. The molecule has 0 nitrogen and oxygen atoms in total. The van der Waals surface area contributed by atoms with Crippen LogP contribution >= 0.6 is 22.6 Å². The fourth-order valence-electron chi connectivity index (χ4n) is 0.124. The first-order valence-corrected chi connectivity index (χ1v) is 2.60. The Morgan fingerprint density at radius 1 is 1.38 bits per heavy atom. The van der Waals surface area contributed by atoms with Gasteiger partial charge in [-0.3, -0.25) is 0 Å². The molecule has 0 atom stereocenters. The van der Waals surface area contributed by atoms with Crippen LogP contribution in [0.15, 0.2) is 12.2 Å². The number of halogens is 5. The van der Waals surface area contributed by atoms with Crippen molar-refractivity contribution < 1.29 is 17.6 Å². The van der Waals surface area contributed by atoms with Gasteiger partial charge in [0, 0.05) is 22.6 Å². The molecule has 0 saturated heterocycles. The summed E-state index contributed by atoms with van der Waals surface area (Å²) in [5, 5.41) is 0. The normalized spacial score (nSPS) is 11.1. The van der Waals surface area contributed by atoms with Gasteiger partial charge >= 0.3 is 3.93 Å². The van der Waals surface area contributed by atoms with E-state index in [1.165, 1.54) is 0 Å². The summed E-state index contributed by atoms with van der Waals surface area (Å²) in [5.41, 5.74) is 0. The Kier molecular flexibility index (Phi) is 2.72.